The lowest BCUT2D eigenvalue weighted by atomic mass is 10.0. The van der Waals surface area contributed by atoms with Crippen molar-refractivity contribution in [2.24, 2.45) is 0 Å². The zero-order chi connectivity index (χ0) is 53.3. The minimum atomic E-state index is -1.79. The van der Waals surface area contributed by atoms with Gasteiger partial charge in [-0.2, -0.15) is 0 Å². The molecule has 0 saturated carbocycles. The predicted octanol–water partition coefficient (Wildman–Crippen LogP) is 18.8. The Bertz CT molecular complexity index is 1170. The lowest BCUT2D eigenvalue weighted by Crippen LogP contribution is -2.30. The van der Waals surface area contributed by atoms with Crippen molar-refractivity contribution in [1.82, 2.24) is 0 Å². The van der Waals surface area contributed by atoms with Gasteiger partial charge >= 0.3 is 17.9 Å². The van der Waals surface area contributed by atoms with Gasteiger partial charge in [0.25, 0.3) is 0 Å². The van der Waals surface area contributed by atoms with E-state index in [9.17, 15) is 14.4 Å². The van der Waals surface area contributed by atoms with Crippen LogP contribution in [0.25, 0.3) is 0 Å². The molecule has 0 radical (unpaired) electrons. The molecule has 0 bridgehead atoms. The maximum atomic E-state index is 12.9. The fraction of sp³-hybridized carbons (Fsp3) is 0.947. The van der Waals surface area contributed by atoms with E-state index in [1.54, 1.807) is 0 Å². The van der Waals surface area contributed by atoms with Crippen LogP contribution in [0.4, 0.5) is 0 Å². The van der Waals surface area contributed by atoms with E-state index in [1.807, 2.05) is 0 Å². The van der Waals surface area contributed by atoms with E-state index < -0.39 is 26.7 Å². The van der Waals surface area contributed by atoms with Crippen molar-refractivity contribution in [3.05, 3.63) is 0 Å². The molecule has 0 atom stereocenters. The number of hydrogen-bond acceptors (Lipinski definition) is 6. The molecule has 0 aliphatic heterocycles. The summed E-state index contributed by atoms with van der Waals surface area (Å²) in [7, 11) is 0. The minimum absolute atomic E-state index is 0.121. The third kappa shape index (κ3) is 51.3. The van der Waals surface area contributed by atoms with Crippen molar-refractivity contribution in [3.8, 4) is 0 Å². The van der Waals surface area contributed by atoms with Crippen molar-refractivity contribution in [3.63, 3.8) is 0 Å². The van der Waals surface area contributed by atoms with Gasteiger partial charge in [-0.25, -0.2) is 0 Å². The average molecular weight is 901 g/mol. The molecule has 0 aromatic rings. The Labute approximate surface area is 406 Å². The molecule has 0 heterocycles. The van der Waals surface area contributed by atoms with Crippen LogP contribution in [-0.2, 0) is 28.6 Å². The number of rotatable bonds is 53. The summed E-state index contributed by atoms with van der Waals surface area (Å²) >= 11 is 0. The van der Waals surface area contributed by atoms with Crippen LogP contribution in [0.5, 0.6) is 0 Å². The third-order valence-electron chi connectivity index (χ3n) is 12.6. The Balaban J connectivity index is 4.33. The highest BCUT2D eigenvalue weighted by Crippen LogP contribution is 2.17. The van der Waals surface area contributed by atoms with Crippen molar-refractivity contribution >= 4 is 17.9 Å². The lowest BCUT2D eigenvalue weighted by Gasteiger charge is -2.18. The van der Waals surface area contributed by atoms with E-state index in [1.165, 1.54) is 135 Å². The number of unbranched alkanes of at least 4 members (excludes halogenated alkanes) is 39. The van der Waals surface area contributed by atoms with Gasteiger partial charge in [0.05, 0.1) is 0 Å². The SMILES string of the molecule is [2H]C([2H])([2H])CCCCCCCCCCCCCCCCC(=O)OCC(COC(=O)CCCCCCCCCCCCCCCCC([2H])([2H])[2H])OC(=O)CCCCCCCCCCCCCCCCC([2H])([2H])[2H]. The van der Waals surface area contributed by atoms with E-state index in [2.05, 4.69) is 0 Å². The van der Waals surface area contributed by atoms with Gasteiger partial charge in [0, 0.05) is 31.6 Å². The van der Waals surface area contributed by atoms with Gasteiger partial charge in [-0.05, 0) is 19.3 Å². The summed E-state index contributed by atoms with van der Waals surface area (Å²) in [5, 5.41) is 0. The number of ether oxygens (including phenoxy) is 3. The maximum Gasteiger partial charge on any atom is 0.306 e. The van der Waals surface area contributed by atoms with Crippen LogP contribution < -0.4 is 0 Å². The molecule has 0 spiro atoms. The van der Waals surface area contributed by atoms with Crippen LogP contribution in [0.15, 0.2) is 0 Å². The van der Waals surface area contributed by atoms with Crippen molar-refractivity contribution in [1.29, 1.82) is 0 Å². The third-order valence-corrected chi connectivity index (χ3v) is 12.6. The number of carbonyl (C=O) groups is 3. The predicted molar refractivity (Wildman–Crippen MR) is 270 cm³/mol. The number of hydrogen-bond donors (Lipinski definition) is 0. The normalized spacial score (nSPS) is 14.1. The zero-order valence-corrected chi connectivity index (χ0v) is 41.4. The van der Waals surface area contributed by atoms with Gasteiger partial charge in [0.15, 0.2) is 6.10 Å². The molecule has 0 amide bonds. The molecular formula is C57H110O6. The first-order chi connectivity index (χ1) is 34.5. The molecule has 0 aliphatic rings. The van der Waals surface area contributed by atoms with Crippen LogP contribution in [-0.4, -0.2) is 37.2 Å². The van der Waals surface area contributed by atoms with Gasteiger partial charge in [0.1, 0.15) is 13.2 Å². The molecule has 0 aromatic heterocycles. The average Bonchev–Trinajstić information content (AvgIpc) is 3.30. The molecule has 0 saturated heterocycles. The first-order valence-corrected chi connectivity index (χ1v) is 27.5. The summed E-state index contributed by atoms with van der Waals surface area (Å²) in [4.78, 5) is 38.2. The molecule has 0 unspecified atom stereocenters. The van der Waals surface area contributed by atoms with Crippen molar-refractivity contribution in [2.45, 2.75) is 335 Å². The van der Waals surface area contributed by atoms with Gasteiger partial charge in [-0.3, -0.25) is 14.4 Å². The monoisotopic (exact) mass is 900 g/mol. The number of carbonyl (C=O) groups excluding carboxylic acids is 3. The maximum absolute atomic E-state index is 12.9. The zero-order valence-electron chi connectivity index (χ0n) is 50.4. The molecule has 374 valence electrons. The van der Waals surface area contributed by atoms with Crippen LogP contribution >= 0.6 is 0 Å². The smallest absolute Gasteiger partial charge is 0.306 e. The molecule has 6 heteroatoms. The molecule has 0 aromatic carbocycles. The number of esters is 3. The van der Waals surface area contributed by atoms with Gasteiger partial charge in [-0.1, -0.05) is 290 Å². The Hall–Kier alpha value is -1.59. The van der Waals surface area contributed by atoms with Crippen LogP contribution in [0.2, 0.25) is 0 Å². The van der Waals surface area contributed by atoms with Gasteiger partial charge in [0.2, 0.25) is 0 Å². The van der Waals surface area contributed by atoms with Crippen molar-refractivity contribution in [2.75, 3.05) is 13.2 Å². The summed E-state index contributed by atoms with van der Waals surface area (Å²) in [6.07, 6.45) is 47.6. The lowest BCUT2D eigenvalue weighted by molar-refractivity contribution is -0.167. The topological polar surface area (TPSA) is 78.9 Å². The molecule has 0 N–H and O–H groups in total. The summed E-state index contributed by atoms with van der Waals surface area (Å²) < 4.78 is 82.4. The second kappa shape index (κ2) is 53.0. The highest BCUT2D eigenvalue weighted by molar-refractivity contribution is 5.71. The minimum Gasteiger partial charge on any atom is -0.462 e. The molecular weight excluding hydrogens is 781 g/mol. The van der Waals surface area contributed by atoms with Crippen molar-refractivity contribution < 1.29 is 40.9 Å². The molecule has 0 rings (SSSR count). The quantitative estimate of drug-likeness (QED) is 0.0344. The summed E-state index contributed by atoms with van der Waals surface area (Å²) in [6.45, 7) is -5.60. The largest absolute Gasteiger partial charge is 0.462 e. The molecule has 63 heavy (non-hydrogen) atoms. The highest BCUT2D eigenvalue weighted by Gasteiger charge is 2.19. The summed E-state index contributed by atoms with van der Waals surface area (Å²) in [5.41, 5.74) is 0. The second-order valence-electron chi connectivity index (χ2n) is 18.8. The van der Waals surface area contributed by atoms with E-state index in [4.69, 9.17) is 26.5 Å². The highest BCUT2D eigenvalue weighted by atomic mass is 16.6. The molecule has 6 nitrogen and oxygen atoms in total. The van der Waals surface area contributed by atoms with E-state index >= 15 is 0 Å². The first kappa shape index (κ1) is 46.5. The summed E-state index contributed by atoms with van der Waals surface area (Å²) in [5.74, 6) is -1.00. The fourth-order valence-electron chi connectivity index (χ4n) is 8.42. The Morgan fingerprint density at radius 3 is 0.698 bits per heavy atom. The molecule has 0 fully saturated rings. The summed E-state index contributed by atoms with van der Waals surface area (Å²) in [6, 6.07) is 0. The Morgan fingerprint density at radius 1 is 0.286 bits per heavy atom. The van der Waals surface area contributed by atoms with Gasteiger partial charge < -0.3 is 14.2 Å². The van der Waals surface area contributed by atoms with E-state index in [-0.39, 0.29) is 37.5 Å². The van der Waals surface area contributed by atoms with E-state index in [0.29, 0.717) is 32.1 Å². The van der Waals surface area contributed by atoms with Crippen LogP contribution in [0, 0.1) is 0 Å². The Morgan fingerprint density at radius 2 is 0.476 bits per heavy atom. The van der Waals surface area contributed by atoms with Crippen LogP contribution in [0.1, 0.15) is 341 Å². The van der Waals surface area contributed by atoms with E-state index in [0.717, 1.165) is 135 Å². The van der Waals surface area contributed by atoms with Crippen LogP contribution in [0.3, 0.4) is 0 Å². The Kier molecular flexibility index (Phi) is 39.2. The second-order valence-corrected chi connectivity index (χ2v) is 18.8. The standard InChI is InChI=1S/C57H110O6/c1-4-7-10-13-16-19-22-25-28-31-34-37-40-43-46-49-55(58)61-52-54(63-57(60)51-48-45-42-39-36-33-30-27-24-21-18-15-12-9-6-3)53-62-56(59)50-47-44-41-38-35-32-29-26-23-20-17-14-11-8-5-2/h54H,4-53H2,1-3H3/i1D3,2D3,3D3. The molecule has 0 aliphatic carbocycles. The first-order valence-electron chi connectivity index (χ1n) is 32.0. The fourth-order valence-corrected chi connectivity index (χ4v) is 8.42. The van der Waals surface area contributed by atoms with Gasteiger partial charge in [-0.15, -0.1) is 0 Å².